The highest BCUT2D eigenvalue weighted by Crippen LogP contribution is 2.31. The lowest BCUT2D eigenvalue weighted by Crippen LogP contribution is -2.46. The summed E-state index contributed by atoms with van der Waals surface area (Å²) in [5.41, 5.74) is 2.55. The molecule has 8 nitrogen and oxygen atoms in total. The molecule has 1 aromatic carbocycles. The molecule has 2 aliphatic heterocycles. The smallest absolute Gasteiger partial charge is 0.229 e. The van der Waals surface area contributed by atoms with E-state index < -0.39 is 0 Å². The van der Waals surface area contributed by atoms with E-state index in [0.717, 1.165) is 41.3 Å². The van der Waals surface area contributed by atoms with E-state index in [4.69, 9.17) is 29.2 Å². The van der Waals surface area contributed by atoms with Crippen LogP contribution in [0, 0.1) is 0 Å². The van der Waals surface area contributed by atoms with Gasteiger partial charge in [-0.1, -0.05) is 12.1 Å². The minimum absolute atomic E-state index is 0.206. The Kier molecular flexibility index (Phi) is 5.80. The van der Waals surface area contributed by atoms with E-state index in [-0.39, 0.29) is 12.1 Å². The van der Waals surface area contributed by atoms with Crippen LogP contribution in [0.5, 0.6) is 5.75 Å². The SMILES string of the molecule is COc1cccc(-c2ccc3c(N4CCOC[C@@H]4C)nc(N4CCOC[C@@H]4C)nc3n2)c1. The summed E-state index contributed by atoms with van der Waals surface area (Å²) in [4.78, 5) is 19.5. The first-order valence-corrected chi connectivity index (χ1v) is 11.2. The Labute approximate surface area is 188 Å². The summed E-state index contributed by atoms with van der Waals surface area (Å²) in [6.45, 7) is 8.59. The second-order valence-corrected chi connectivity index (χ2v) is 8.38. The second kappa shape index (κ2) is 8.88. The number of methoxy groups -OCH3 is 1. The summed E-state index contributed by atoms with van der Waals surface area (Å²) >= 11 is 0. The number of fused-ring (bicyclic) bond motifs is 1. The largest absolute Gasteiger partial charge is 0.497 e. The van der Waals surface area contributed by atoms with Crippen molar-refractivity contribution in [2.24, 2.45) is 0 Å². The maximum Gasteiger partial charge on any atom is 0.229 e. The maximum absolute atomic E-state index is 5.67. The standard InChI is InChI=1S/C24H29N5O3/c1-16-14-31-11-9-28(16)23-20-7-8-21(18-5-4-6-19(13-18)30-3)25-22(20)26-24(27-23)29-10-12-32-15-17(29)2/h4-8,13,16-17H,9-12,14-15H2,1-3H3/t16-,17-/m0/s1. The van der Waals surface area contributed by atoms with Gasteiger partial charge in [0.05, 0.1) is 56.7 Å². The van der Waals surface area contributed by atoms with Gasteiger partial charge in [-0.05, 0) is 38.1 Å². The summed E-state index contributed by atoms with van der Waals surface area (Å²) in [6, 6.07) is 12.5. The molecule has 0 unspecified atom stereocenters. The number of pyridine rings is 1. The third-order valence-electron chi connectivity index (χ3n) is 6.16. The number of hydrogen-bond acceptors (Lipinski definition) is 8. The highest BCUT2D eigenvalue weighted by molar-refractivity contribution is 5.90. The molecule has 2 aliphatic rings. The molecule has 168 valence electrons. The van der Waals surface area contributed by atoms with Crippen LogP contribution in [0.25, 0.3) is 22.3 Å². The molecule has 2 saturated heterocycles. The van der Waals surface area contributed by atoms with Gasteiger partial charge in [0.15, 0.2) is 5.65 Å². The molecule has 0 radical (unpaired) electrons. The van der Waals surface area contributed by atoms with Crippen LogP contribution in [-0.2, 0) is 9.47 Å². The third-order valence-corrected chi connectivity index (χ3v) is 6.16. The number of anilines is 2. The summed E-state index contributed by atoms with van der Waals surface area (Å²) in [7, 11) is 1.67. The van der Waals surface area contributed by atoms with Gasteiger partial charge in [0.25, 0.3) is 0 Å². The van der Waals surface area contributed by atoms with Gasteiger partial charge in [0, 0.05) is 18.7 Å². The molecule has 0 spiro atoms. The Balaban J connectivity index is 1.65. The number of rotatable bonds is 4. The Bertz CT molecular complexity index is 1110. The molecule has 2 aromatic heterocycles. The van der Waals surface area contributed by atoms with Crippen LogP contribution in [0.2, 0.25) is 0 Å². The zero-order valence-corrected chi connectivity index (χ0v) is 18.8. The van der Waals surface area contributed by atoms with Crippen molar-refractivity contribution in [1.82, 2.24) is 15.0 Å². The molecule has 2 fully saturated rings. The van der Waals surface area contributed by atoms with Crippen molar-refractivity contribution >= 4 is 22.8 Å². The van der Waals surface area contributed by atoms with E-state index in [1.165, 1.54) is 0 Å². The molecule has 0 aliphatic carbocycles. The Hall–Kier alpha value is -2.97. The summed E-state index contributed by atoms with van der Waals surface area (Å²) in [6.07, 6.45) is 0. The lowest BCUT2D eigenvalue weighted by Gasteiger charge is -2.37. The number of ether oxygens (including phenoxy) is 3. The van der Waals surface area contributed by atoms with Gasteiger partial charge >= 0.3 is 0 Å². The molecular formula is C24H29N5O3. The van der Waals surface area contributed by atoms with Crippen molar-refractivity contribution in [3.8, 4) is 17.0 Å². The predicted octanol–water partition coefficient (Wildman–Crippen LogP) is 3.15. The second-order valence-electron chi connectivity index (χ2n) is 8.38. The van der Waals surface area contributed by atoms with Crippen LogP contribution < -0.4 is 14.5 Å². The molecular weight excluding hydrogens is 406 g/mol. The van der Waals surface area contributed by atoms with Crippen molar-refractivity contribution < 1.29 is 14.2 Å². The van der Waals surface area contributed by atoms with Crippen LogP contribution >= 0.6 is 0 Å². The van der Waals surface area contributed by atoms with Crippen molar-refractivity contribution in [3.05, 3.63) is 36.4 Å². The average molecular weight is 436 g/mol. The summed E-state index contributed by atoms with van der Waals surface area (Å²) in [5, 5.41) is 0.954. The first kappa shape index (κ1) is 20.9. The quantitative estimate of drug-likeness (QED) is 0.619. The molecule has 3 aromatic rings. The van der Waals surface area contributed by atoms with E-state index in [2.05, 4.69) is 29.7 Å². The highest BCUT2D eigenvalue weighted by atomic mass is 16.5. The highest BCUT2D eigenvalue weighted by Gasteiger charge is 2.27. The van der Waals surface area contributed by atoms with Gasteiger partial charge in [-0.3, -0.25) is 0 Å². The van der Waals surface area contributed by atoms with Crippen LogP contribution in [-0.4, -0.2) is 73.7 Å². The fourth-order valence-corrected chi connectivity index (χ4v) is 4.34. The van der Waals surface area contributed by atoms with Gasteiger partial charge in [0.1, 0.15) is 11.6 Å². The minimum atomic E-state index is 0.206. The molecule has 0 bridgehead atoms. The zero-order valence-electron chi connectivity index (χ0n) is 18.8. The van der Waals surface area contributed by atoms with Gasteiger partial charge in [-0.2, -0.15) is 9.97 Å². The summed E-state index contributed by atoms with van der Waals surface area (Å²) < 4.78 is 16.7. The topological polar surface area (TPSA) is 72.8 Å². The summed E-state index contributed by atoms with van der Waals surface area (Å²) in [5.74, 6) is 2.43. The molecule has 32 heavy (non-hydrogen) atoms. The Morgan fingerprint density at radius 2 is 1.66 bits per heavy atom. The van der Waals surface area contributed by atoms with Crippen molar-refractivity contribution in [2.75, 3.05) is 56.4 Å². The molecule has 0 amide bonds. The molecule has 0 saturated carbocycles. The van der Waals surface area contributed by atoms with E-state index in [1.54, 1.807) is 7.11 Å². The maximum atomic E-state index is 5.67. The van der Waals surface area contributed by atoms with E-state index >= 15 is 0 Å². The van der Waals surface area contributed by atoms with Crippen LogP contribution in [0.15, 0.2) is 36.4 Å². The molecule has 0 N–H and O–H groups in total. The van der Waals surface area contributed by atoms with E-state index in [9.17, 15) is 0 Å². The van der Waals surface area contributed by atoms with Crippen LogP contribution in [0.3, 0.4) is 0 Å². The van der Waals surface area contributed by atoms with Gasteiger partial charge in [0.2, 0.25) is 5.95 Å². The fourth-order valence-electron chi connectivity index (χ4n) is 4.34. The lowest BCUT2D eigenvalue weighted by atomic mass is 10.1. The van der Waals surface area contributed by atoms with E-state index in [1.807, 2.05) is 30.3 Å². The minimum Gasteiger partial charge on any atom is -0.497 e. The van der Waals surface area contributed by atoms with Crippen molar-refractivity contribution in [3.63, 3.8) is 0 Å². The molecule has 8 heteroatoms. The number of nitrogens with zero attached hydrogens (tertiary/aromatic N) is 5. The lowest BCUT2D eigenvalue weighted by molar-refractivity contribution is 0.0973. The van der Waals surface area contributed by atoms with Gasteiger partial charge < -0.3 is 24.0 Å². The normalized spacial score (nSPS) is 21.7. The third kappa shape index (κ3) is 3.96. The van der Waals surface area contributed by atoms with E-state index in [0.29, 0.717) is 38.0 Å². The number of benzene rings is 1. The van der Waals surface area contributed by atoms with Crippen molar-refractivity contribution in [2.45, 2.75) is 25.9 Å². The first-order valence-electron chi connectivity index (χ1n) is 11.2. The molecule has 5 rings (SSSR count). The number of hydrogen-bond donors (Lipinski definition) is 0. The fraction of sp³-hybridized carbons (Fsp3) is 0.458. The van der Waals surface area contributed by atoms with Gasteiger partial charge in [-0.15, -0.1) is 0 Å². The first-order chi connectivity index (χ1) is 15.6. The Morgan fingerprint density at radius 3 is 2.38 bits per heavy atom. The number of morpholine rings is 2. The predicted molar refractivity (Wildman–Crippen MR) is 125 cm³/mol. The van der Waals surface area contributed by atoms with Gasteiger partial charge in [-0.25, -0.2) is 4.98 Å². The van der Waals surface area contributed by atoms with Crippen LogP contribution in [0.4, 0.5) is 11.8 Å². The zero-order chi connectivity index (χ0) is 22.1. The molecule has 2 atom stereocenters. The van der Waals surface area contributed by atoms with Crippen molar-refractivity contribution in [1.29, 1.82) is 0 Å². The average Bonchev–Trinajstić information content (AvgIpc) is 2.83. The molecule has 4 heterocycles. The van der Waals surface area contributed by atoms with Crippen LogP contribution in [0.1, 0.15) is 13.8 Å². The number of aromatic nitrogens is 3. The monoisotopic (exact) mass is 435 g/mol. The Morgan fingerprint density at radius 1 is 0.906 bits per heavy atom.